The minimum Gasteiger partial charge on any atom is -0.337 e. The summed E-state index contributed by atoms with van der Waals surface area (Å²) in [7, 11) is 1.64. The predicted molar refractivity (Wildman–Crippen MR) is 91.0 cm³/mol. The van der Waals surface area contributed by atoms with Gasteiger partial charge in [0.25, 0.3) is 0 Å². The van der Waals surface area contributed by atoms with Crippen molar-refractivity contribution in [3.05, 3.63) is 12.0 Å². The van der Waals surface area contributed by atoms with Gasteiger partial charge in [0.15, 0.2) is 11.3 Å². The third-order valence-electron chi connectivity index (χ3n) is 5.33. The molecule has 0 bridgehead atoms. The number of imidazole rings is 1. The van der Waals surface area contributed by atoms with Crippen LogP contribution in [0, 0.1) is 0 Å². The van der Waals surface area contributed by atoms with Crippen LogP contribution < -0.4 is 4.90 Å². The molecule has 0 saturated carbocycles. The topological polar surface area (TPSA) is 53.3 Å². The van der Waals surface area contributed by atoms with E-state index in [0.717, 1.165) is 32.7 Å². The molecule has 2 aromatic rings. The number of anilines is 1. The van der Waals surface area contributed by atoms with Crippen molar-refractivity contribution in [3.63, 3.8) is 0 Å². The van der Waals surface area contributed by atoms with Crippen LogP contribution in [0.3, 0.4) is 0 Å². The van der Waals surface area contributed by atoms with Crippen molar-refractivity contribution < 1.29 is 13.2 Å². The number of piperazine rings is 1. The average molecular weight is 369 g/mol. The molecule has 2 aromatic heterocycles. The Morgan fingerprint density at radius 3 is 2.42 bits per heavy atom. The summed E-state index contributed by atoms with van der Waals surface area (Å²) in [4.78, 5) is 18.6. The standard InChI is InChI=1S/C16H22F3N7/c1-3-24-4-6-25(7-5-24)11-8-26(9-11)15-21-13(16(17,18)19)12-14(22-15)23(2)10-20-12/h10-11H,3-9H2,1-2H3. The summed E-state index contributed by atoms with van der Waals surface area (Å²) in [6.07, 6.45) is -3.21. The highest BCUT2D eigenvalue weighted by atomic mass is 19.4. The molecule has 0 radical (unpaired) electrons. The van der Waals surface area contributed by atoms with E-state index in [-0.39, 0.29) is 17.1 Å². The molecular weight excluding hydrogens is 347 g/mol. The zero-order chi connectivity index (χ0) is 18.5. The molecule has 0 amide bonds. The Morgan fingerprint density at radius 2 is 1.81 bits per heavy atom. The molecule has 10 heteroatoms. The normalized spacial score (nSPS) is 20.7. The molecule has 2 aliphatic heterocycles. The minimum atomic E-state index is -4.55. The summed E-state index contributed by atoms with van der Waals surface area (Å²) >= 11 is 0. The second-order valence-corrected chi connectivity index (χ2v) is 6.93. The first kappa shape index (κ1) is 17.5. The number of nitrogens with zero attached hydrogens (tertiary/aromatic N) is 7. The number of hydrogen-bond acceptors (Lipinski definition) is 6. The Morgan fingerprint density at radius 1 is 1.12 bits per heavy atom. The lowest BCUT2D eigenvalue weighted by Gasteiger charge is -2.48. The van der Waals surface area contributed by atoms with Crippen molar-refractivity contribution in [1.82, 2.24) is 29.3 Å². The molecule has 0 spiro atoms. The SMILES string of the molecule is CCN1CCN(C2CN(c3nc(C(F)(F)F)c4ncn(C)c4n3)C2)CC1. The van der Waals surface area contributed by atoms with Gasteiger partial charge in [-0.15, -0.1) is 0 Å². The molecule has 7 nitrogen and oxygen atoms in total. The van der Waals surface area contributed by atoms with Crippen molar-refractivity contribution in [3.8, 4) is 0 Å². The fraction of sp³-hybridized carbons (Fsp3) is 0.688. The zero-order valence-corrected chi connectivity index (χ0v) is 14.9. The monoisotopic (exact) mass is 369 g/mol. The average Bonchev–Trinajstić information content (AvgIpc) is 2.94. The van der Waals surface area contributed by atoms with E-state index >= 15 is 0 Å². The maximum atomic E-state index is 13.4. The second kappa shape index (κ2) is 6.34. The summed E-state index contributed by atoms with van der Waals surface area (Å²) < 4.78 is 41.6. The summed E-state index contributed by atoms with van der Waals surface area (Å²) in [6, 6.07) is 0.356. The number of rotatable bonds is 3. The third-order valence-corrected chi connectivity index (χ3v) is 5.33. The van der Waals surface area contributed by atoms with Crippen molar-refractivity contribution in [2.45, 2.75) is 19.1 Å². The van der Waals surface area contributed by atoms with Gasteiger partial charge >= 0.3 is 6.18 Å². The van der Waals surface area contributed by atoms with Gasteiger partial charge in [0.1, 0.15) is 5.52 Å². The second-order valence-electron chi connectivity index (χ2n) is 6.93. The molecule has 0 N–H and O–H groups in total. The van der Waals surface area contributed by atoms with E-state index < -0.39 is 11.9 Å². The smallest absolute Gasteiger partial charge is 0.337 e. The molecule has 4 heterocycles. The molecule has 0 atom stereocenters. The lowest BCUT2D eigenvalue weighted by atomic mass is 10.1. The highest BCUT2D eigenvalue weighted by Gasteiger charge is 2.40. The van der Waals surface area contributed by atoms with Gasteiger partial charge in [0.2, 0.25) is 5.95 Å². The van der Waals surface area contributed by atoms with Gasteiger partial charge in [-0.25, -0.2) is 9.97 Å². The van der Waals surface area contributed by atoms with Crippen LogP contribution in [0.5, 0.6) is 0 Å². The highest BCUT2D eigenvalue weighted by molar-refractivity contribution is 5.75. The number of alkyl halides is 3. The first-order chi connectivity index (χ1) is 12.4. The fourth-order valence-corrected chi connectivity index (χ4v) is 3.63. The van der Waals surface area contributed by atoms with Gasteiger partial charge in [0, 0.05) is 52.4 Å². The van der Waals surface area contributed by atoms with Crippen LogP contribution in [-0.4, -0.2) is 81.2 Å². The molecule has 0 aliphatic carbocycles. The van der Waals surface area contributed by atoms with Crippen molar-refractivity contribution >= 4 is 17.1 Å². The predicted octanol–water partition coefficient (Wildman–Crippen LogP) is 1.21. The van der Waals surface area contributed by atoms with Gasteiger partial charge in [-0.3, -0.25) is 4.90 Å². The Hall–Kier alpha value is -1.94. The Bertz CT molecular complexity index is 789. The third kappa shape index (κ3) is 3.01. The van der Waals surface area contributed by atoms with Crippen molar-refractivity contribution in [2.24, 2.45) is 7.05 Å². The molecule has 4 rings (SSSR count). The van der Waals surface area contributed by atoms with Crippen LogP contribution in [0.15, 0.2) is 6.33 Å². The summed E-state index contributed by atoms with van der Waals surface area (Å²) in [5, 5.41) is 0. The zero-order valence-electron chi connectivity index (χ0n) is 14.9. The molecule has 26 heavy (non-hydrogen) atoms. The number of aromatic nitrogens is 4. The van der Waals surface area contributed by atoms with E-state index in [9.17, 15) is 13.2 Å². The van der Waals surface area contributed by atoms with Crippen molar-refractivity contribution in [1.29, 1.82) is 0 Å². The van der Waals surface area contributed by atoms with Crippen LogP contribution in [0.4, 0.5) is 19.1 Å². The van der Waals surface area contributed by atoms with Crippen LogP contribution >= 0.6 is 0 Å². The summed E-state index contributed by atoms with van der Waals surface area (Å²) in [5.74, 6) is 0.136. The van der Waals surface area contributed by atoms with Gasteiger partial charge < -0.3 is 14.4 Å². The number of halogens is 3. The van der Waals surface area contributed by atoms with E-state index in [4.69, 9.17) is 0 Å². The molecule has 0 aromatic carbocycles. The first-order valence-corrected chi connectivity index (χ1v) is 8.84. The number of likely N-dealkylation sites (N-methyl/N-ethyl adjacent to an activating group) is 1. The lowest BCUT2D eigenvalue weighted by molar-refractivity contribution is -0.139. The Balaban J connectivity index is 1.51. The maximum Gasteiger partial charge on any atom is 0.435 e. The highest BCUT2D eigenvalue weighted by Crippen LogP contribution is 2.34. The molecule has 0 unspecified atom stereocenters. The fourth-order valence-electron chi connectivity index (χ4n) is 3.63. The molecule has 142 valence electrons. The van der Waals surface area contributed by atoms with E-state index in [0.29, 0.717) is 19.1 Å². The molecule has 2 fully saturated rings. The van der Waals surface area contributed by atoms with Gasteiger partial charge in [0.05, 0.1) is 6.33 Å². The quantitative estimate of drug-likeness (QED) is 0.811. The molecule has 2 aliphatic rings. The van der Waals surface area contributed by atoms with Crippen LogP contribution in [-0.2, 0) is 13.2 Å². The lowest BCUT2D eigenvalue weighted by Crippen LogP contribution is -2.63. The Labute approximate surface area is 149 Å². The van der Waals surface area contributed by atoms with E-state index in [1.807, 2.05) is 4.90 Å². The van der Waals surface area contributed by atoms with Gasteiger partial charge in [-0.2, -0.15) is 18.2 Å². The first-order valence-electron chi connectivity index (χ1n) is 8.84. The molecule has 2 saturated heterocycles. The summed E-state index contributed by atoms with van der Waals surface area (Å²) in [5.41, 5.74) is -0.947. The number of fused-ring (bicyclic) bond motifs is 1. The van der Waals surface area contributed by atoms with Crippen LogP contribution in [0.25, 0.3) is 11.2 Å². The molecular formula is C16H22F3N7. The largest absolute Gasteiger partial charge is 0.435 e. The van der Waals surface area contributed by atoms with Crippen LogP contribution in [0.1, 0.15) is 12.6 Å². The van der Waals surface area contributed by atoms with Crippen LogP contribution in [0.2, 0.25) is 0 Å². The summed E-state index contributed by atoms with van der Waals surface area (Å²) in [6.45, 7) is 8.63. The maximum absolute atomic E-state index is 13.4. The Kier molecular flexibility index (Phi) is 4.26. The number of aryl methyl sites for hydroxylation is 1. The van der Waals surface area contributed by atoms with Gasteiger partial charge in [-0.1, -0.05) is 6.92 Å². The minimum absolute atomic E-state index is 0.136. The number of hydrogen-bond donors (Lipinski definition) is 0. The van der Waals surface area contributed by atoms with E-state index in [1.54, 1.807) is 7.05 Å². The van der Waals surface area contributed by atoms with Gasteiger partial charge in [-0.05, 0) is 6.54 Å². The van der Waals surface area contributed by atoms with Crippen molar-refractivity contribution in [2.75, 3.05) is 50.7 Å². The van der Waals surface area contributed by atoms with E-state index in [2.05, 4.69) is 31.7 Å². The van der Waals surface area contributed by atoms with E-state index in [1.165, 1.54) is 10.9 Å².